The largest absolute Gasteiger partial charge is 0.462 e. The molecule has 52 heavy (non-hydrogen) atoms. The predicted molar refractivity (Wildman–Crippen MR) is 203 cm³/mol. The summed E-state index contributed by atoms with van der Waals surface area (Å²) in [5.74, 6) is -1.58. The van der Waals surface area contributed by atoms with Crippen LogP contribution in [-0.2, 0) is 23.8 Å². The van der Waals surface area contributed by atoms with Gasteiger partial charge in [-0.05, 0) is 118 Å². The standard InChI is InChI=1S/C41H71N3O8/c1-8-35-32(26-44-20-13-10-14-21-44)23-27(2)15-16-33(45)28(3)24-31(17-22-43-18-11-9-12-19-43)40(29(4)34(46)25-36(47)51-35)52-41-39(49)37(42(6)7)38(48)30(5)50-41/h15-16,23,28-32,34-35,37-41,46,48-49H,8-14,17-22,24-26H2,1-7H3/b16-15+,27-23-. The lowest BCUT2D eigenvalue weighted by molar-refractivity contribution is -0.304. The van der Waals surface area contributed by atoms with Crippen molar-refractivity contribution in [2.24, 2.45) is 23.7 Å². The van der Waals surface area contributed by atoms with Gasteiger partial charge in [-0.2, -0.15) is 0 Å². The lowest BCUT2D eigenvalue weighted by Crippen LogP contribution is -2.63. The van der Waals surface area contributed by atoms with E-state index in [1.165, 1.54) is 12.8 Å². The van der Waals surface area contributed by atoms with E-state index < -0.39 is 54.7 Å². The van der Waals surface area contributed by atoms with Crippen LogP contribution in [0.25, 0.3) is 0 Å². The second-order valence-corrected chi connectivity index (χ2v) is 16.6. The fourth-order valence-electron chi connectivity index (χ4n) is 8.83. The van der Waals surface area contributed by atoms with Gasteiger partial charge >= 0.3 is 5.97 Å². The molecule has 0 spiro atoms. The van der Waals surface area contributed by atoms with Gasteiger partial charge in [-0.15, -0.1) is 0 Å². The van der Waals surface area contributed by atoms with Crippen molar-refractivity contribution >= 4 is 11.8 Å². The molecule has 0 aromatic carbocycles. The Morgan fingerprint density at radius 1 is 0.904 bits per heavy atom. The molecule has 4 rings (SSSR count). The third-order valence-corrected chi connectivity index (χ3v) is 12.1. The molecule has 0 aromatic rings. The fourth-order valence-corrected chi connectivity index (χ4v) is 8.83. The van der Waals surface area contributed by atoms with Crippen molar-refractivity contribution in [3.05, 3.63) is 23.8 Å². The minimum absolute atomic E-state index is 0.0270. The molecule has 0 bridgehead atoms. The summed E-state index contributed by atoms with van der Waals surface area (Å²) in [4.78, 5) is 34.1. The number of ether oxygens (including phenoxy) is 3. The van der Waals surface area contributed by atoms with E-state index in [-0.39, 0.29) is 36.1 Å². The van der Waals surface area contributed by atoms with Gasteiger partial charge in [-0.1, -0.05) is 51.3 Å². The molecule has 3 fully saturated rings. The van der Waals surface area contributed by atoms with Crippen LogP contribution < -0.4 is 0 Å². The maximum atomic E-state index is 13.8. The summed E-state index contributed by atoms with van der Waals surface area (Å²) in [5, 5.41) is 34.2. The van der Waals surface area contributed by atoms with Crippen molar-refractivity contribution in [2.75, 3.05) is 53.4 Å². The second kappa shape index (κ2) is 20.8. The molecular weight excluding hydrogens is 662 g/mol. The number of allylic oxidation sites excluding steroid dienone is 3. The number of hydrogen-bond donors (Lipinski definition) is 3. The van der Waals surface area contributed by atoms with Gasteiger partial charge in [-0.3, -0.25) is 9.59 Å². The zero-order chi connectivity index (χ0) is 37.9. The van der Waals surface area contributed by atoms with Crippen LogP contribution in [0.4, 0.5) is 0 Å². The van der Waals surface area contributed by atoms with Crippen LogP contribution in [0.1, 0.15) is 98.8 Å². The first kappa shape index (κ1) is 43.0. The van der Waals surface area contributed by atoms with Gasteiger partial charge in [0.15, 0.2) is 12.1 Å². The van der Waals surface area contributed by atoms with Gasteiger partial charge in [-0.25, -0.2) is 0 Å². The molecule has 12 atom stereocenters. The summed E-state index contributed by atoms with van der Waals surface area (Å²) < 4.78 is 19.1. The zero-order valence-corrected chi connectivity index (χ0v) is 33.2. The molecule has 298 valence electrons. The number of ketones is 1. The maximum Gasteiger partial charge on any atom is 0.308 e. The molecule has 11 nitrogen and oxygen atoms in total. The number of piperidine rings is 2. The van der Waals surface area contributed by atoms with Crippen molar-refractivity contribution < 1.29 is 39.1 Å². The molecule has 3 N–H and O–H groups in total. The highest BCUT2D eigenvalue weighted by atomic mass is 16.7. The number of aliphatic hydroxyl groups excluding tert-OH is 3. The molecule has 4 heterocycles. The van der Waals surface area contributed by atoms with E-state index in [0.29, 0.717) is 19.3 Å². The van der Waals surface area contributed by atoms with Crippen molar-refractivity contribution in [3.8, 4) is 0 Å². The molecule has 11 heteroatoms. The van der Waals surface area contributed by atoms with E-state index in [2.05, 4.69) is 15.9 Å². The van der Waals surface area contributed by atoms with Gasteiger partial charge < -0.3 is 44.2 Å². The molecule has 0 radical (unpaired) electrons. The lowest BCUT2D eigenvalue weighted by Gasteiger charge is -2.47. The van der Waals surface area contributed by atoms with E-state index in [9.17, 15) is 24.9 Å². The van der Waals surface area contributed by atoms with E-state index in [4.69, 9.17) is 14.2 Å². The number of hydrogen-bond acceptors (Lipinski definition) is 11. The second-order valence-electron chi connectivity index (χ2n) is 16.6. The Bertz CT molecular complexity index is 1170. The number of aliphatic hydroxyl groups is 3. The molecule has 0 aliphatic carbocycles. The number of cyclic esters (lactones) is 1. The summed E-state index contributed by atoms with van der Waals surface area (Å²) >= 11 is 0. The smallest absolute Gasteiger partial charge is 0.308 e. The number of likely N-dealkylation sites (N-methyl/N-ethyl adjacent to an activating group) is 1. The summed E-state index contributed by atoms with van der Waals surface area (Å²) in [7, 11) is 3.60. The third-order valence-electron chi connectivity index (χ3n) is 12.1. The summed E-state index contributed by atoms with van der Waals surface area (Å²) in [6, 6.07) is -0.632. The first-order valence-electron chi connectivity index (χ1n) is 20.3. The quantitative estimate of drug-likeness (QED) is 0.295. The zero-order valence-electron chi connectivity index (χ0n) is 33.2. The van der Waals surface area contributed by atoms with Gasteiger partial charge in [0, 0.05) is 24.3 Å². The monoisotopic (exact) mass is 734 g/mol. The molecular formula is C41H71N3O8. The normalized spacial score (nSPS) is 40.2. The summed E-state index contributed by atoms with van der Waals surface area (Å²) in [6.45, 7) is 15.3. The van der Waals surface area contributed by atoms with Crippen LogP contribution in [-0.4, -0.2) is 144 Å². The van der Waals surface area contributed by atoms with Crippen LogP contribution in [0.5, 0.6) is 0 Å². The highest BCUT2D eigenvalue weighted by molar-refractivity contribution is 5.91. The molecule has 0 saturated carbocycles. The Morgan fingerprint density at radius 3 is 2.15 bits per heavy atom. The Balaban J connectivity index is 1.68. The Labute approximate surface area is 313 Å². The number of likely N-dealkylation sites (tertiary alicyclic amines) is 2. The predicted octanol–water partition coefficient (Wildman–Crippen LogP) is 4.18. The van der Waals surface area contributed by atoms with E-state index in [0.717, 1.165) is 70.5 Å². The molecule has 0 aromatic heterocycles. The fraction of sp³-hybridized carbons (Fsp3) is 0.854. The first-order valence-corrected chi connectivity index (χ1v) is 20.3. The van der Waals surface area contributed by atoms with Gasteiger partial charge in [0.1, 0.15) is 12.2 Å². The molecule has 4 aliphatic heterocycles. The SMILES string of the molecule is CCC1OC(=O)CC(O)C(C)C(OC2OC(C)C(O)C(N(C)C)C2O)C(CCN2CCCCC2)CC(C)C(=O)/C=C/C(C)=C\C1CN1CCCCC1. The van der Waals surface area contributed by atoms with Crippen LogP contribution in [0.15, 0.2) is 23.8 Å². The number of rotatable bonds is 9. The van der Waals surface area contributed by atoms with Crippen LogP contribution in [0, 0.1) is 23.7 Å². The Kier molecular flexibility index (Phi) is 17.2. The van der Waals surface area contributed by atoms with Crippen LogP contribution >= 0.6 is 0 Å². The minimum atomic E-state index is -1.17. The third kappa shape index (κ3) is 12.2. The van der Waals surface area contributed by atoms with Gasteiger partial charge in [0.05, 0.1) is 36.9 Å². The molecule has 0 amide bonds. The van der Waals surface area contributed by atoms with E-state index in [1.54, 1.807) is 32.0 Å². The van der Waals surface area contributed by atoms with Crippen molar-refractivity contribution in [1.82, 2.24) is 14.7 Å². The van der Waals surface area contributed by atoms with E-state index in [1.807, 2.05) is 33.8 Å². The first-order chi connectivity index (χ1) is 24.8. The van der Waals surface area contributed by atoms with Crippen molar-refractivity contribution in [2.45, 2.75) is 148 Å². The van der Waals surface area contributed by atoms with Gasteiger partial charge in [0.2, 0.25) is 0 Å². The van der Waals surface area contributed by atoms with E-state index >= 15 is 0 Å². The topological polar surface area (TPSA) is 132 Å². The minimum Gasteiger partial charge on any atom is -0.462 e. The highest BCUT2D eigenvalue weighted by Crippen LogP contribution is 2.35. The summed E-state index contributed by atoms with van der Waals surface area (Å²) in [6.07, 6.45) is 8.49. The molecule has 12 unspecified atom stereocenters. The number of carbonyl (C=O) groups excluding carboxylic acids is 2. The average Bonchev–Trinajstić information content (AvgIpc) is 3.12. The lowest BCUT2D eigenvalue weighted by atomic mass is 9.79. The number of carbonyl (C=O) groups is 2. The van der Waals surface area contributed by atoms with Crippen molar-refractivity contribution in [1.29, 1.82) is 0 Å². The average molecular weight is 734 g/mol. The molecule has 3 saturated heterocycles. The Morgan fingerprint density at radius 2 is 1.54 bits per heavy atom. The number of esters is 1. The Hall–Kier alpha value is -1.70. The number of nitrogens with zero attached hydrogens (tertiary/aromatic N) is 3. The highest BCUT2D eigenvalue weighted by Gasteiger charge is 2.47. The van der Waals surface area contributed by atoms with Gasteiger partial charge in [0.25, 0.3) is 0 Å². The maximum absolute atomic E-state index is 13.8. The molecule has 4 aliphatic rings. The van der Waals surface area contributed by atoms with Crippen molar-refractivity contribution in [3.63, 3.8) is 0 Å². The summed E-state index contributed by atoms with van der Waals surface area (Å²) in [5.41, 5.74) is 0.954. The van der Waals surface area contributed by atoms with Crippen LogP contribution in [0.3, 0.4) is 0 Å². The van der Waals surface area contributed by atoms with Crippen LogP contribution in [0.2, 0.25) is 0 Å².